The second-order valence-electron chi connectivity index (χ2n) is 4.77. The highest BCUT2D eigenvalue weighted by molar-refractivity contribution is 5.43. The number of hydrogen-bond donors (Lipinski definition) is 1. The van der Waals surface area contributed by atoms with Crippen molar-refractivity contribution in [1.29, 1.82) is 0 Å². The highest BCUT2D eigenvalue weighted by Crippen LogP contribution is 2.30. The molecule has 1 rings (SSSR count). The van der Waals surface area contributed by atoms with Gasteiger partial charge in [0.15, 0.2) is 11.5 Å². The van der Waals surface area contributed by atoms with E-state index in [0.29, 0.717) is 24.7 Å². The molecule has 0 radical (unpaired) electrons. The third-order valence-corrected chi connectivity index (χ3v) is 3.21. The number of unbranched alkanes of at least 4 members (excludes halogenated alkanes) is 3. The summed E-state index contributed by atoms with van der Waals surface area (Å²) in [4.78, 5) is 0. The van der Waals surface area contributed by atoms with Crippen LogP contribution in [0, 0.1) is 0 Å². The van der Waals surface area contributed by atoms with E-state index in [4.69, 9.17) is 14.2 Å². The SMILES string of the molecule is CCCCCCOCC(O)c1ccc(OC)c(OC)c1. The van der Waals surface area contributed by atoms with Crippen LogP contribution in [0.2, 0.25) is 0 Å². The summed E-state index contributed by atoms with van der Waals surface area (Å²) in [6.45, 7) is 3.19. The molecule has 4 heteroatoms. The minimum atomic E-state index is -0.638. The minimum Gasteiger partial charge on any atom is -0.493 e. The Morgan fingerprint density at radius 3 is 2.45 bits per heavy atom. The van der Waals surface area contributed by atoms with Crippen LogP contribution in [0.15, 0.2) is 18.2 Å². The van der Waals surface area contributed by atoms with Gasteiger partial charge in [-0.25, -0.2) is 0 Å². The second-order valence-corrected chi connectivity index (χ2v) is 4.77. The first-order valence-electron chi connectivity index (χ1n) is 7.20. The minimum absolute atomic E-state index is 0.307. The van der Waals surface area contributed by atoms with E-state index in [1.54, 1.807) is 26.4 Å². The fraction of sp³-hybridized carbons (Fsp3) is 0.625. The van der Waals surface area contributed by atoms with E-state index in [2.05, 4.69) is 6.92 Å². The molecule has 1 atom stereocenters. The Hall–Kier alpha value is -1.26. The molecule has 0 fully saturated rings. The maximum atomic E-state index is 10.1. The molecule has 0 amide bonds. The number of aliphatic hydroxyl groups is 1. The molecular formula is C16H26O4. The lowest BCUT2D eigenvalue weighted by molar-refractivity contribution is 0.0343. The number of rotatable bonds is 10. The predicted octanol–water partition coefficient (Wildman–Crippen LogP) is 3.33. The Kier molecular flexibility index (Phi) is 8.07. The maximum Gasteiger partial charge on any atom is 0.161 e. The summed E-state index contributed by atoms with van der Waals surface area (Å²) >= 11 is 0. The van der Waals surface area contributed by atoms with Gasteiger partial charge < -0.3 is 19.3 Å². The van der Waals surface area contributed by atoms with Gasteiger partial charge >= 0.3 is 0 Å². The number of aliphatic hydroxyl groups excluding tert-OH is 1. The van der Waals surface area contributed by atoms with E-state index in [1.165, 1.54) is 19.3 Å². The average Bonchev–Trinajstić information content (AvgIpc) is 2.49. The van der Waals surface area contributed by atoms with Crippen LogP contribution in [0.25, 0.3) is 0 Å². The fourth-order valence-corrected chi connectivity index (χ4v) is 1.98. The Bertz CT molecular complexity index is 379. The molecule has 0 aromatic heterocycles. The topological polar surface area (TPSA) is 47.9 Å². The zero-order valence-corrected chi connectivity index (χ0v) is 12.7. The van der Waals surface area contributed by atoms with Crippen molar-refractivity contribution < 1.29 is 19.3 Å². The van der Waals surface area contributed by atoms with Gasteiger partial charge in [-0.05, 0) is 24.1 Å². The Morgan fingerprint density at radius 2 is 1.80 bits per heavy atom. The smallest absolute Gasteiger partial charge is 0.161 e. The molecule has 1 aromatic rings. The molecule has 114 valence electrons. The summed E-state index contributed by atoms with van der Waals surface area (Å²) < 4.78 is 15.9. The van der Waals surface area contributed by atoms with Gasteiger partial charge in [-0.1, -0.05) is 32.3 Å². The highest BCUT2D eigenvalue weighted by Gasteiger charge is 2.11. The lowest BCUT2D eigenvalue weighted by Gasteiger charge is -2.14. The summed E-state index contributed by atoms with van der Waals surface area (Å²) in [5.74, 6) is 1.27. The first-order valence-corrected chi connectivity index (χ1v) is 7.20. The highest BCUT2D eigenvalue weighted by atomic mass is 16.5. The molecule has 0 saturated carbocycles. The molecule has 0 heterocycles. The Morgan fingerprint density at radius 1 is 1.05 bits per heavy atom. The molecule has 1 N–H and O–H groups in total. The zero-order valence-electron chi connectivity index (χ0n) is 12.7. The van der Waals surface area contributed by atoms with Crippen LogP contribution in [-0.2, 0) is 4.74 Å². The number of methoxy groups -OCH3 is 2. The zero-order chi connectivity index (χ0) is 14.8. The predicted molar refractivity (Wildman–Crippen MR) is 79.5 cm³/mol. The molecule has 1 aromatic carbocycles. The summed E-state index contributed by atoms with van der Waals surface area (Å²) in [5.41, 5.74) is 0.774. The van der Waals surface area contributed by atoms with Crippen molar-refractivity contribution in [2.75, 3.05) is 27.4 Å². The van der Waals surface area contributed by atoms with Gasteiger partial charge in [0.2, 0.25) is 0 Å². The van der Waals surface area contributed by atoms with Gasteiger partial charge in [-0.15, -0.1) is 0 Å². The van der Waals surface area contributed by atoms with Crippen LogP contribution < -0.4 is 9.47 Å². The summed E-state index contributed by atoms with van der Waals surface area (Å²) in [6.07, 6.45) is 4.05. The molecule has 0 aliphatic carbocycles. The van der Waals surface area contributed by atoms with Crippen molar-refractivity contribution in [3.05, 3.63) is 23.8 Å². The quantitative estimate of drug-likeness (QED) is 0.669. The molecule has 1 unspecified atom stereocenters. The van der Waals surface area contributed by atoms with Crippen LogP contribution in [-0.4, -0.2) is 32.5 Å². The number of hydrogen-bond acceptors (Lipinski definition) is 4. The van der Waals surface area contributed by atoms with E-state index >= 15 is 0 Å². The third-order valence-electron chi connectivity index (χ3n) is 3.21. The van der Waals surface area contributed by atoms with Gasteiger partial charge in [0.25, 0.3) is 0 Å². The van der Waals surface area contributed by atoms with Gasteiger partial charge in [-0.2, -0.15) is 0 Å². The van der Waals surface area contributed by atoms with Crippen molar-refractivity contribution in [2.24, 2.45) is 0 Å². The summed E-state index contributed by atoms with van der Waals surface area (Å²) in [5, 5.41) is 10.1. The van der Waals surface area contributed by atoms with Crippen LogP contribution in [0.4, 0.5) is 0 Å². The van der Waals surface area contributed by atoms with Gasteiger partial charge in [0, 0.05) is 6.61 Å². The van der Waals surface area contributed by atoms with E-state index in [0.717, 1.165) is 12.0 Å². The normalized spacial score (nSPS) is 12.2. The van der Waals surface area contributed by atoms with Crippen molar-refractivity contribution in [3.63, 3.8) is 0 Å². The maximum absolute atomic E-state index is 10.1. The molecule has 0 bridgehead atoms. The standard InChI is InChI=1S/C16H26O4/c1-4-5-6-7-10-20-12-14(17)13-8-9-15(18-2)16(11-13)19-3/h8-9,11,14,17H,4-7,10,12H2,1-3H3. The summed E-state index contributed by atoms with van der Waals surface area (Å²) in [7, 11) is 3.17. The van der Waals surface area contributed by atoms with Gasteiger partial charge in [-0.3, -0.25) is 0 Å². The molecule has 20 heavy (non-hydrogen) atoms. The van der Waals surface area contributed by atoms with E-state index in [-0.39, 0.29) is 0 Å². The van der Waals surface area contributed by atoms with Gasteiger partial charge in [0.05, 0.1) is 20.8 Å². The summed E-state index contributed by atoms with van der Waals surface area (Å²) in [6, 6.07) is 5.40. The van der Waals surface area contributed by atoms with E-state index in [9.17, 15) is 5.11 Å². The molecular weight excluding hydrogens is 256 g/mol. The molecule has 0 saturated heterocycles. The Labute approximate surface area is 121 Å². The number of ether oxygens (including phenoxy) is 3. The van der Waals surface area contributed by atoms with E-state index in [1.807, 2.05) is 6.07 Å². The van der Waals surface area contributed by atoms with Crippen molar-refractivity contribution in [1.82, 2.24) is 0 Å². The third kappa shape index (κ3) is 5.39. The van der Waals surface area contributed by atoms with E-state index < -0.39 is 6.10 Å². The van der Waals surface area contributed by atoms with Crippen molar-refractivity contribution in [3.8, 4) is 11.5 Å². The molecule has 0 aliphatic rings. The fourth-order valence-electron chi connectivity index (χ4n) is 1.98. The molecule has 0 aliphatic heterocycles. The molecule has 4 nitrogen and oxygen atoms in total. The van der Waals surface area contributed by atoms with Crippen LogP contribution in [0.5, 0.6) is 11.5 Å². The monoisotopic (exact) mass is 282 g/mol. The first-order chi connectivity index (χ1) is 9.72. The number of benzene rings is 1. The van der Waals surface area contributed by atoms with Gasteiger partial charge in [0.1, 0.15) is 6.10 Å². The average molecular weight is 282 g/mol. The second kappa shape index (κ2) is 9.61. The largest absolute Gasteiger partial charge is 0.493 e. The Balaban J connectivity index is 2.41. The van der Waals surface area contributed by atoms with Crippen LogP contribution in [0.1, 0.15) is 44.3 Å². The lowest BCUT2D eigenvalue weighted by Crippen LogP contribution is -2.08. The van der Waals surface area contributed by atoms with Crippen molar-refractivity contribution in [2.45, 2.75) is 38.7 Å². The first kappa shape index (κ1) is 16.8. The van der Waals surface area contributed by atoms with Crippen LogP contribution in [0.3, 0.4) is 0 Å². The van der Waals surface area contributed by atoms with Crippen LogP contribution >= 0.6 is 0 Å². The lowest BCUT2D eigenvalue weighted by atomic mass is 10.1. The van der Waals surface area contributed by atoms with Crippen molar-refractivity contribution >= 4 is 0 Å². The molecule has 0 spiro atoms.